The van der Waals surface area contributed by atoms with Gasteiger partial charge in [0, 0.05) is 12.6 Å². The van der Waals surface area contributed by atoms with Crippen molar-refractivity contribution in [2.75, 3.05) is 6.54 Å². The van der Waals surface area contributed by atoms with E-state index in [1.54, 1.807) is 0 Å². The molecule has 0 atom stereocenters. The first-order valence-electron chi connectivity index (χ1n) is 4.69. The summed E-state index contributed by atoms with van der Waals surface area (Å²) in [5, 5.41) is 1.38. The van der Waals surface area contributed by atoms with Gasteiger partial charge in [0.2, 0.25) is 0 Å². The summed E-state index contributed by atoms with van der Waals surface area (Å²) < 4.78 is 25.8. The molecule has 16 heavy (non-hydrogen) atoms. The SMILES string of the molecule is O=C1NNN(CCc2ccc(F)cc2F)N1. The van der Waals surface area contributed by atoms with Crippen molar-refractivity contribution in [3.8, 4) is 0 Å². The Bertz CT molecular complexity index is 412. The Labute approximate surface area is 90.3 Å². The van der Waals surface area contributed by atoms with Gasteiger partial charge in [-0.3, -0.25) is 10.9 Å². The zero-order valence-electron chi connectivity index (χ0n) is 8.26. The smallest absolute Gasteiger partial charge is 0.257 e. The molecule has 0 radical (unpaired) electrons. The van der Waals surface area contributed by atoms with E-state index in [0.717, 1.165) is 6.07 Å². The van der Waals surface area contributed by atoms with E-state index in [9.17, 15) is 13.6 Å². The van der Waals surface area contributed by atoms with E-state index in [1.165, 1.54) is 17.3 Å². The summed E-state index contributed by atoms with van der Waals surface area (Å²) >= 11 is 0. The van der Waals surface area contributed by atoms with Crippen molar-refractivity contribution in [2.24, 2.45) is 0 Å². The molecule has 1 heterocycles. The molecule has 5 nitrogen and oxygen atoms in total. The summed E-state index contributed by atoms with van der Waals surface area (Å²) in [6, 6.07) is 3.05. The molecule has 0 unspecified atom stereocenters. The quantitative estimate of drug-likeness (QED) is 0.704. The van der Waals surface area contributed by atoms with Crippen molar-refractivity contribution in [3.63, 3.8) is 0 Å². The second kappa shape index (κ2) is 4.42. The number of urea groups is 1. The summed E-state index contributed by atoms with van der Waals surface area (Å²) in [6.07, 6.45) is 0.348. The van der Waals surface area contributed by atoms with E-state index < -0.39 is 11.6 Å². The molecule has 7 heteroatoms. The Morgan fingerprint density at radius 3 is 2.75 bits per heavy atom. The highest BCUT2D eigenvalue weighted by Crippen LogP contribution is 2.10. The number of halogens is 2. The Morgan fingerprint density at radius 1 is 1.31 bits per heavy atom. The minimum Gasteiger partial charge on any atom is -0.257 e. The molecule has 1 aliphatic heterocycles. The lowest BCUT2D eigenvalue weighted by Gasteiger charge is -2.12. The predicted octanol–water partition coefficient (Wildman–Crippen LogP) is 0.457. The molecule has 1 fully saturated rings. The molecule has 1 aromatic rings. The Hall–Kier alpha value is -1.73. The standard InChI is InChI=1S/C9H10F2N4O/c10-7-2-1-6(8(11)5-7)3-4-15-13-9(16)12-14-15/h1-2,5,14H,3-4H2,(H2,12,13,16). The molecule has 0 bridgehead atoms. The van der Waals surface area contributed by atoms with Crippen LogP contribution in [0.3, 0.4) is 0 Å². The largest absolute Gasteiger partial charge is 0.345 e. The van der Waals surface area contributed by atoms with Crippen LogP contribution in [0.15, 0.2) is 18.2 Å². The van der Waals surface area contributed by atoms with Gasteiger partial charge in [-0.1, -0.05) is 6.07 Å². The molecule has 0 spiro atoms. The van der Waals surface area contributed by atoms with Crippen LogP contribution < -0.4 is 16.4 Å². The molecular weight excluding hydrogens is 218 g/mol. The summed E-state index contributed by atoms with van der Waals surface area (Å²) in [5.41, 5.74) is 7.66. The molecule has 0 aliphatic carbocycles. The highest BCUT2D eigenvalue weighted by atomic mass is 19.1. The topological polar surface area (TPSA) is 56.4 Å². The van der Waals surface area contributed by atoms with Gasteiger partial charge in [0.25, 0.3) is 0 Å². The molecule has 2 amide bonds. The van der Waals surface area contributed by atoms with Crippen LogP contribution in [0.1, 0.15) is 5.56 Å². The highest BCUT2D eigenvalue weighted by Gasteiger charge is 2.16. The van der Waals surface area contributed by atoms with E-state index >= 15 is 0 Å². The number of hydrazine groups is 3. The van der Waals surface area contributed by atoms with Gasteiger partial charge < -0.3 is 0 Å². The van der Waals surface area contributed by atoms with Crippen molar-refractivity contribution in [1.82, 2.24) is 21.5 Å². The third-order valence-electron chi connectivity index (χ3n) is 2.16. The number of hydrogen-bond acceptors (Lipinski definition) is 3. The monoisotopic (exact) mass is 228 g/mol. The van der Waals surface area contributed by atoms with Crippen LogP contribution in [0, 0.1) is 11.6 Å². The predicted molar refractivity (Wildman–Crippen MR) is 51.6 cm³/mol. The van der Waals surface area contributed by atoms with E-state index in [-0.39, 0.29) is 6.03 Å². The molecule has 0 saturated carbocycles. The summed E-state index contributed by atoms with van der Waals surface area (Å²) in [5.74, 6) is -1.19. The maximum absolute atomic E-state index is 13.2. The van der Waals surface area contributed by atoms with Gasteiger partial charge in [0.1, 0.15) is 11.6 Å². The van der Waals surface area contributed by atoms with Crippen LogP contribution in [0.2, 0.25) is 0 Å². The number of benzene rings is 1. The molecule has 1 saturated heterocycles. The molecule has 86 valence electrons. The molecule has 3 N–H and O–H groups in total. The second-order valence-electron chi connectivity index (χ2n) is 3.32. The van der Waals surface area contributed by atoms with Crippen molar-refractivity contribution >= 4 is 6.03 Å². The first kappa shape index (κ1) is 10.8. The fourth-order valence-electron chi connectivity index (χ4n) is 1.37. The Kier molecular flexibility index (Phi) is 2.97. The number of nitrogens with zero attached hydrogens (tertiary/aromatic N) is 1. The summed E-state index contributed by atoms with van der Waals surface area (Å²) in [4.78, 5) is 10.7. The fraction of sp³-hybridized carbons (Fsp3) is 0.222. The Balaban J connectivity index is 1.92. The van der Waals surface area contributed by atoms with E-state index in [0.29, 0.717) is 18.5 Å². The van der Waals surface area contributed by atoms with Crippen molar-refractivity contribution < 1.29 is 13.6 Å². The lowest BCUT2D eigenvalue weighted by Crippen LogP contribution is -2.41. The van der Waals surface area contributed by atoms with Gasteiger partial charge in [-0.05, 0) is 18.1 Å². The zero-order chi connectivity index (χ0) is 11.5. The van der Waals surface area contributed by atoms with E-state index in [2.05, 4.69) is 16.4 Å². The highest BCUT2D eigenvalue weighted by molar-refractivity contribution is 5.73. The average molecular weight is 228 g/mol. The maximum atomic E-state index is 13.2. The maximum Gasteiger partial charge on any atom is 0.345 e. The lowest BCUT2D eigenvalue weighted by atomic mass is 10.1. The number of nitrogens with one attached hydrogen (secondary N) is 3. The summed E-state index contributed by atoms with van der Waals surface area (Å²) in [6.45, 7) is 0.362. The first-order valence-corrected chi connectivity index (χ1v) is 4.69. The van der Waals surface area contributed by atoms with Crippen molar-refractivity contribution in [1.29, 1.82) is 0 Å². The fourth-order valence-corrected chi connectivity index (χ4v) is 1.37. The third-order valence-corrected chi connectivity index (χ3v) is 2.16. The zero-order valence-corrected chi connectivity index (χ0v) is 8.26. The number of rotatable bonds is 3. The van der Waals surface area contributed by atoms with Crippen LogP contribution in [0.25, 0.3) is 0 Å². The first-order chi connectivity index (χ1) is 7.65. The second-order valence-corrected chi connectivity index (χ2v) is 3.32. The summed E-state index contributed by atoms with van der Waals surface area (Å²) in [7, 11) is 0. The van der Waals surface area contributed by atoms with Gasteiger partial charge in [-0.15, -0.1) is 10.7 Å². The van der Waals surface area contributed by atoms with Gasteiger partial charge in [0.15, 0.2) is 0 Å². The molecular formula is C9H10F2N4O. The van der Waals surface area contributed by atoms with Gasteiger partial charge in [-0.25, -0.2) is 13.6 Å². The number of amides is 2. The van der Waals surface area contributed by atoms with Crippen molar-refractivity contribution in [3.05, 3.63) is 35.4 Å². The molecule has 1 aromatic carbocycles. The minimum atomic E-state index is -0.601. The minimum absolute atomic E-state index is 0.348. The van der Waals surface area contributed by atoms with Crippen LogP contribution in [0.5, 0.6) is 0 Å². The molecule has 1 aliphatic rings. The van der Waals surface area contributed by atoms with Crippen molar-refractivity contribution in [2.45, 2.75) is 6.42 Å². The van der Waals surface area contributed by atoms with E-state index in [1.807, 2.05) is 0 Å². The third kappa shape index (κ3) is 2.44. The van der Waals surface area contributed by atoms with Crippen LogP contribution in [-0.4, -0.2) is 17.7 Å². The van der Waals surface area contributed by atoms with Crippen LogP contribution in [0.4, 0.5) is 13.6 Å². The van der Waals surface area contributed by atoms with Crippen LogP contribution >= 0.6 is 0 Å². The number of carbonyl (C=O) groups is 1. The average Bonchev–Trinajstić information content (AvgIpc) is 2.63. The lowest BCUT2D eigenvalue weighted by molar-refractivity contribution is 0.172. The van der Waals surface area contributed by atoms with Crippen LogP contribution in [-0.2, 0) is 6.42 Å². The molecule has 2 rings (SSSR count). The number of hydrogen-bond donors (Lipinski definition) is 3. The van der Waals surface area contributed by atoms with E-state index in [4.69, 9.17) is 0 Å². The molecule has 0 aromatic heterocycles. The van der Waals surface area contributed by atoms with Gasteiger partial charge in [0.05, 0.1) is 0 Å². The van der Waals surface area contributed by atoms with Gasteiger partial charge in [-0.2, -0.15) is 0 Å². The Morgan fingerprint density at radius 2 is 2.12 bits per heavy atom. The normalized spacial score (nSPS) is 16.0. The van der Waals surface area contributed by atoms with Gasteiger partial charge >= 0.3 is 6.03 Å². The number of carbonyl (C=O) groups excluding carboxylic acids is 1.